The highest BCUT2D eigenvalue weighted by Gasteiger charge is 2.33. The summed E-state index contributed by atoms with van der Waals surface area (Å²) in [5, 5.41) is 7.69. The number of nitrogens with zero attached hydrogens (tertiary/aromatic N) is 4. The van der Waals surface area contributed by atoms with Gasteiger partial charge in [-0.25, -0.2) is 5.84 Å². The predicted octanol–water partition coefficient (Wildman–Crippen LogP) is -1.26. The number of likely N-dealkylation sites (tertiary alicyclic amines) is 1. The van der Waals surface area contributed by atoms with Crippen LogP contribution in [0.1, 0.15) is 23.3 Å². The van der Waals surface area contributed by atoms with E-state index in [0.717, 1.165) is 19.6 Å². The lowest BCUT2D eigenvalue weighted by molar-refractivity contribution is -0.0392. The highest BCUT2D eigenvalue weighted by molar-refractivity contribution is 5.91. The number of carbonyl (C=O) groups excluding carboxylic acids is 1. The molecule has 2 saturated heterocycles. The van der Waals surface area contributed by atoms with Crippen LogP contribution in [0.3, 0.4) is 0 Å². The molecule has 104 valence electrons. The van der Waals surface area contributed by atoms with Crippen molar-refractivity contribution in [1.82, 2.24) is 25.3 Å². The summed E-state index contributed by atoms with van der Waals surface area (Å²) in [5.74, 6) is 4.62. The van der Waals surface area contributed by atoms with Crippen molar-refractivity contribution in [2.45, 2.75) is 31.6 Å². The Bertz CT molecular complexity index is 450. The van der Waals surface area contributed by atoms with E-state index in [0.29, 0.717) is 18.8 Å². The first-order chi connectivity index (χ1) is 9.24. The van der Waals surface area contributed by atoms with Gasteiger partial charge in [-0.15, -0.1) is 5.10 Å². The Morgan fingerprint density at radius 3 is 2.84 bits per heavy atom. The number of morpholine rings is 1. The van der Waals surface area contributed by atoms with Crippen molar-refractivity contribution in [3.8, 4) is 0 Å². The maximum atomic E-state index is 11.2. The predicted molar refractivity (Wildman–Crippen MR) is 66.0 cm³/mol. The average molecular weight is 266 g/mol. The van der Waals surface area contributed by atoms with Gasteiger partial charge in [-0.05, 0) is 12.8 Å². The molecule has 0 radical (unpaired) electrons. The van der Waals surface area contributed by atoms with Gasteiger partial charge < -0.3 is 4.74 Å². The number of nitrogens with one attached hydrogen (secondary N) is 1. The molecule has 2 unspecified atom stereocenters. The van der Waals surface area contributed by atoms with Crippen molar-refractivity contribution in [2.75, 3.05) is 19.6 Å². The first-order valence-electron chi connectivity index (χ1n) is 6.53. The van der Waals surface area contributed by atoms with E-state index in [9.17, 15) is 4.79 Å². The van der Waals surface area contributed by atoms with Crippen molar-refractivity contribution in [3.05, 3.63) is 11.9 Å². The Kier molecular flexibility index (Phi) is 3.45. The molecule has 1 aromatic heterocycles. The molecule has 0 saturated carbocycles. The molecule has 8 heteroatoms. The van der Waals surface area contributed by atoms with E-state index >= 15 is 0 Å². The van der Waals surface area contributed by atoms with Crippen LogP contribution >= 0.6 is 0 Å². The van der Waals surface area contributed by atoms with Crippen LogP contribution in [-0.2, 0) is 11.3 Å². The van der Waals surface area contributed by atoms with Crippen LogP contribution in [0.5, 0.6) is 0 Å². The van der Waals surface area contributed by atoms with E-state index in [1.165, 1.54) is 12.8 Å². The molecule has 3 N–H and O–H groups in total. The van der Waals surface area contributed by atoms with Gasteiger partial charge >= 0.3 is 0 Å². The highest BCUT2D eigenvalue weighted by Crippen LogP contribution is 2.25. The molecule has 2 aliphatic rings. The highest BCUT2D eigenvalue weighted by atomic mass is 16.5. The number of aromatic nitrogens is 3. The third kappa shape index (κ3) is 2.75. The smallest absolute Gasteiger partial charge is 0.287 e. The molecule has 0 spiro atoms. The minimum atomic E-state index is -0.421. The third-order valence-electron chi connectivity index (χ3n) is 3.67. The second-order valence-electron chi connectivity index (χ2n) is 5.06. The van der Waals surface area contributed by atoms with E-state index in [1.807, 2.05) is 5.43 Å². The number of hydrogen-bond donors (Lipinski definition) is 2. The standard InChI is InChI=1S/C11H18N6O2/c12-13-11(18)10-7-17(15-14-10)4-3-16-5-8-1-2-9(6-16)19-8/h7-9H,1-6,12H2,(H,13,18). The van der Waals surface area contributed by atoms with Crippen molar-refractivity contribution in [3.63, 3.8) is 0 Å². The molecule has 1 amide bonds. The normalized spacial score (nSPS) is 26.6. The van der Waals surface area contributed by atoms with Crippen LogP contribution in [0.15, 0.2) is 6.20 Å². The fraction of sp³-hybridized carbons (Fsp3) is 0.727. The van der Waals surface area contributed by atoms with Crippen molar-refractivity contribution >= 4 is 5.91 Å². The Labute approximate surface area is 110 Å². The summed E-state index contributed by atoms with van der Waals surface area (Å²) in [6, 6.07) is 0. The molecule has 2 atom stereocenters. The number of nitrogen functional groups attached to an aromatic ring is 1. The Morgan fingerprint density at radius 1 is 1.42 bits per heavy atom. The number of fused-ring (bicyclic) bond motifs is 2. The fourth-order valence-corrected chi connectivity index (χ4v) is 2.71. The molecule has 8 nitrogen and oxygen atoms in total. The zero-order valence-corrected chi connectivity index (χ0v) is 10.7. The summed E-state index contributed by atoms with van der Waals surface area (Å²) in [6.45, 7) is 3.58. The van der Waals surface area contributed by atoms with Gasteiger partial charge in [0.15, 0.2) is 5.69 Å². The molecular weight excluding hydrogens is 248 g/mol. The van der Waals surface area contributed by atoms with Gasteiger partial charge in [-0.1, -0.05) is 5.21 Å². The topological polar surface area (TPSA) is 98.3 Å². The van der Waals surface area contributed by atoms with Gasteiger partial charge in [0.25, 0.3) is 5.91 Å². The lowest BCUT2D eigenvalue weighted by Gasteiger charge is -2.31. The molecule has 1 aromatic rings. The van der Waals surface area contributed by atoms with E-state index in [1.54, 1.807) is 10.9 Å². The molecule has 2 aliphatic heterocycles. The first kappa shape index (κ1) is 12.5. The summed E-state index contributed by atoms with van der Waals surface area (Å²) < 4.78 is 7.45. The zero-order valence-electron chi connectivity index (χ0n) is 10.7. The second-order valence-corrected chi connectivity index (χ2v) is 5.06. The lowest BCUT2D eigenvalue weighted by atomic mass is 10.2. The summed E-state index contributed by atoms with van der Waals surface area (Å²) in [7, 11) is 0. The average Bonchev–Trinajstić information content (AvgIpc) is 3.02. The minimum absolute atomic E-state index is 0.240. The molecule has 2 bridgehead atoms. The van der Waals surface area contributed by atoms with Crippen LogP contribution in [0, 0.1) is 0 Å². The molecule has 3 rings (SSSR count). The van der Waals surface area contributed by atoms with Crippen LogP contribution in [-0.4, -0.2) is 57.6 Å². The zero-order chi connectivity index (χ0) is 13.2. The Morgan fingerprint density at radius 2 is 2.16 bits per heavy atom. The summed E-state index contributed by atoms with van der Waals surface area (Å²) >= 11 is 0. The third-order valence-corrected chi connectivity index (χ3v) is 3.67. The molecule has 0 aromatic carbocycles. The number of rotatable bonds is 4. The fourth-order valence-electron chi connectivity index (χ4n) is 2.71. The molecule has 2 fully saturated rings. The number of hydrazine groups is 1. The lowest BCUT2D eigenvalue weighted by Crippen LogP contribution is -2.43. The SMILES string of the molecule is NNC(=O)c1cn(CCN2CC3CCC(C2)O3)nn1. The molecule has 0 aliphatic carbocycles. The van der Waals surface area contributed by atoms with Crippen LogP contribution in [0.2, 0.25) is 0 Å². The van der Waals surface area contributed by atoms with Crippen LogP contribution in [0.25, 0.3) is 0 Å². The van der Waals surface area contributed by atoms with Gasteiger partial charge in [0.2, 0.25) is 0 Å². The summed E-state index contributed by atoms with van der Waals surface area (Å²) in [6.07, 6.45) is 4.74. The summed E-state index contributed by atoms with van der Waals surface area (Å²) in [4.78, 5) is 13.6. The van der Waals surface area contributed by atoms with E-state index in [4.69, 9.17) is 10.6 Å². The van der Waals surface area contributed by atoms with Crippen LogP contribution in [0.4, 0.5) is 0 Å². The van der Waals surface area contributed by atoms with Crippen molar-refractivity contribution < 1.29 is 9.53 Å². The first-order valence-corrected chi connectivity index (χ1v) is 6.53. The summed E-state index contributed by atoms with van der Waals surface area (Å²) in [5.41, 5.74) is 2.28. The Hall–Kier alpha value is -1.51. The van der Waals surface area contributed by atoms with Gasteiger partial charge in [0.05, 0.1) is 24.9 Å². The largest absolute Gasteiger partial charge is 0.372 e. The quantitative estimate of drug-likeness (QED) is 0.401. The molecule has 3 heterocycles. The number of ether oxygens (including phenoxy) is 1. The number of carbonyl (C=O) groups is 1. The van der Waals surface area contributed by atoms with Crippen LogP contribution < -0.4 is 11.3 Å². The van der Waals surface area contributed by atoms with Gasteiger partial charge in [0, 0.05) is 19.6 Å². The van der Waals surface area contributed by atoms with Crippen molar-refractivity contribution in [2.24, 2.45) is 5.84 Å². The number of hydrogen-bond acceptors (Lipinski definition) is 6. The number of amides is 1. The minimum Gasteiger partial charge on any atom is -0.372 e. The molecule has 19 heavy (non-hydrogen) atoms. The maximum Gasteiger partial charge on any atom is 0.287 e. The van der Waals surface area contributed by atoms with E-state index in [2.05, 4.69) is 15.2 Å². The van der Waals surface area contributed by atoms with E-state index < -0.39 is 5.91 Å². The van der Waals surface area contributed by atoms with Gasteiger partial charge in [-0.3, -0.25) is 19.8 Å². The maximum absolute atomic E-state index is 11.2. The second kappa shape index (κ2) is 5.24. The monoisotopic (exact) mass is 266 g/mol. The van der Waals surface area contributed by atoms with Gasteiger partial charge in [-0.2, -0.15) is 0 Å². The Balaban J connectivity index is 1.52. The van der Waals surface area contributed by atoms with Gasteiger partial charge in [0.1, 0.15) is 0 Å². The van der Waals surface area contributed by atoms with E-state index in [-0.39, 0.29) is 5.69 Å². The van der Waals surface area contributed by atoms with Crippen molar-refractivity contribution in [1.29, 1.82) is 0 Å². The number of nitrogens with two attached hydrogens (primary N) is 1. The molecular formula is C11H18N6O2.